The number of rotatable bonds is 2. The Morgan fingerprint density at radius 3 is 1.30 bits per heavy atom. The van der Waals surface area contributed by atoms with E-state index in [0.29, 0.717) is 0 Å². The Morgan fingerprint density at radius 2 is 0.900 bits per heavy atom. The van der Waals surface area contributed by atoms with Crippen molar-refractivity contribution in [2.75, 3.05) is 0 Å². The van der Waals surface area contributed by atoms with Crippen LogP contribution in [0.5, 0.6) is 0 Å². The van der Waals surface area contributed by atoms with Crippen LogP contribution in [0.25, 0.3) is 22.3 Å². The fraction of sp³-hybridized carbons (Fsp3) is 0.0526. The summed E-state index contributed by atoms with van der Waals surface area (Å²) < 4.78 is 0. The quantitative estimate of drug-likeness (QED) is 0.596. The van der Waals surface area contributed by atoms with Crippen molar-refractivity contribution in [1.29, 1.82) is 0 Å². The van der Waals surface area contributed by atoms with E-state index in [1.165, 1.54) is 27.8 Å². The second-order valence-corrected chi connectivity index (χ2v) is 4.71. The molecule has 0 unspecified atom stereocenters. The fourth-order valence-corrected chi connectivity index (χ4v) is 2.50. The molecule has 0 atom stereocenters. The molecule has 20 heavy (non-hydrogen) atoms. The van der Waals surface area contributed by atoms with Gasteiger partial charge in [0.15, 0.2) is 0 Å². The van der Waals surface area contributed by atoms with Crippen molar-refractivity contribution in [2.24, 2.45) is 0 Å². The molecular formula is C19H16Ar. The molecule has 0 bridgehead atoms. The van der Waals surface area contributed by atoms with Gasteiger partial charge < -0.3 is 0 Å². The third-order valence-corrected chi connectivity index (χ3v) is 3.50. The molecule has 1 heteroatoms. The van der Waals surface area contributed by atoms with Crippen molar-refractivity contribution in [1.82, 2.24) is 0 Å². The van der Waals surface area contributed by atoms with Crippen molar-refractivity contribution in [3.8, 4) is 22.3 Å². The topological polar surface area (TPSA) is 0 Å². The summed E-state index contributed by atoms with van der Waals surface area (Å²) in [5.74, 6) is 0. The Bertz CT molecular complexity index is 615. The normalized spacial score (nSPS) is 9.85. The zero-order valence-corrected chi connectivity index (χ0v) is 12.1. The van der Waals surface area contributed by atoms with Crippen LogP contribution in [0, 0.1) is 44.7 Å². The van der Waals surface area contributed by atoms with Crippen LogP contribution in [0.4, 0.5) is 0 Å². The molecule has 0 aromatic heterocycles. The molecule has 100 valence electrons. The van der Waals surface area contributed by atoms with E-state index in [0.717, 1.165) is 0 Å². The van der Waals surface area contributed by atoms with E-state index in [1.807, 2.05) is 0 Å². The van der Waals surface area contributed by atoms with Gasteiger partial charge in [0.25, 0.3) is 0 Å². The molecule has 0 saturated carbocycles. The van der Waals surface area contributed by atoms with Gasteiger partial charge in [-0.1, -0.05) is 78.9 Å². The summed E-state index contributed by atoms with van der Waals surface area (Å²) in [6.07, 6.45) is 0. The van der Waals surface area contributed by atoms with Crippen molar-refractivity contribution in [3.05, 3.63) is 84.4 Å². The Kier molecular flexibility index (Phi) is 5.42. The standard InChI is InChI=1S/C19H16.Ar/c1-15-18(16-9-4-2-5-10-16)13-8-14-19(15)17-11-6-3-7-12-17;/h2-14H,1H3;. The van der Waals surface area contributed by atoms with Gasteiger partial charge in [-0.15, -0.1) is 0 Å². The first-order chi connectivity index (χ1) is 9.36. The van der Waals surface area contributed by atoms with Crippen LogP contribution in [0.3, 0.4) is 0 Å². The van der Waals surface area contributed by atoms with Crippen LogP contribution < -0.4 is 0 Å². The molecule has 0 radical (unpaired) electrons. The molecule has 0 spiro atoms. The molecule has 0 aliphatic carbocycles. The molecule has 3 aromatic rings. The van der Waals surface area contributed by atoms with E-state index in [9.17, 15) is 0 Å². The van der Waals surface area contributed by atoms with Crippen LogP contribution in [0.1, 0.15) is 5.56 Å². The zero-order chi connectivity index (χ0) is 13.1. The first kappa shape index (κ1) is 15.3. The number of hydrogen-bond donors (Lipinski definition) is 0. The largest absolute Gasteiger partial charge is 0.0622 e. The van der Waals surface area contributed by atoms with E-state index in [2.05, 4.69) is 85.8 Å². The number of hydrogen-bond acceptors (Lipinski definition) is 0. The third kappa shape index (κ3) is 3.15. The average Bonchev–Trinajstić information content (AvgIpc) is 2.49. The molecule has 0 saturated heterocycles. The van der Waals surface area contributed by atoms with Crippen LogP contribution >= 0.6 is 0 Å². The van der Waals surface area contributed by atoms with Gasteiger partial charge in [-0.2, -0.15) is 0 Å². The first-order valence-electron chi connectivity index (χ1n) is 6.57. The summed E-state index contributed by atoms with van der Waals surface area (Å²) in [6.45, 7) is 2.20. The summed E-state index contributed by atoms with van der Waals surface area (Å²) in [7, 11) is 0. The Morgan fingerprint density at radius 1 is 0.500 bits per heavy atom. The van der Waals surface area contributed by atoms with Gasteiger partial charge in [0, 0.05) is 37.7 Å². The zero-order valence-electron chi connectivity index (χ0n) is 11.4. The maximum absolute atomic E-state index is 2.20. The number of benzene rings is 3. The smallest absolute Gasteiger partial charge is 0 e. The minimum absolute atomic E-state index is 0. The van der Waals surface area contributed by atoms with Gasteiger partial charge in [0.05, 0.1) is 0 Å². The van der Waals surface area contributed by atoms with Crippen LogP contribution in [0.15, 0.2) is 78.9 Å². The molecule has 0 aliphatic heterocycles. The maximum atomic E-state index is 2.20. The average molecular weight is 284 g/mol. The third-order valence-electron chi connectivity index (χ3n) is 3.50. The van der Waals surface area contributed by atoms with E-state index >= 15 is 0 Å². The fourth-order valence-electron chi connectivity index (χ4n) is 2.50. The first-order valence-corrected chi connectivity index (χ1v) is 6.57. The van der Waals surface area contributed by atoms with E-state index in [1.54, 1.807) is 0 Å². The van der Waals surface area contributed by atoms with Crippen LogP contribution in [-0.4, -0.2) is 0 Å². The van der Waals surface area contributed by atoms with Gasteiger partial charge >= 0.3 is 0 Å². The van der Waals surface area contributed by atoms with Gasteiger partial charge in [-0.25, -0.2) is 0 Å². The van der Waals surface area contributed by atoms with E-state index in [-0.39, 0.29) is 37.7 Å². The van der Waals surface area contributed by atoms with Crippen molar-refractivity contribution < 1.29 is 37.7 Å². The minimum Gasteiger partial charge on any atom is -0.0622 e. The Balaban J connectivity index is 0.00000147. The van der Waals surface area contributed by atoms with Crippen molar-refractivity contribution >= 4 is 0 Å². The molecule has 0 heterocycles. The molecule has 0 nitrogen and oxygen atoms in total. The molecule has 3 aromatic carbocycles. The second-order valence-electron chi connectivity index (χ2n) is 4.71. The summed E-state index contributed by atoms with van der Waals surface area (Å²) in [5.41, 5.74) is 6.50. The minimum atomic E-state index is 0. The predicted octanol–water partition coefficient (Wildman–Crippen LogP) is 5.33. The monoisotopic (exact) mass is 284 g/mol. The Hall–Kier alpha value is -1.08. The molecule has 0 fully saturated rings. The van der Waals surface area contributed by atoms with Gasteiger partial charge in [0.2, 0.25) is 0 Å². The van der Waals surface area contributed by atoms with Gasteiger partial charge in [-0.05, 0) is 34.7 Å². The van der Waals surface area contributed by atoms with Crippen LogP contribution in [0.2, 0.25) is 0 Å². The van der Waals surface area contributed by atoms with Gasteiger partial charge in [-0.3, -0.25) is 0 Å². The summed E-state index contributed by atoms with van der Waals surface area (Å²) >= 11 is 0. The van der Waals surface area contributed by atoms with E-state index in [4.69, 9.17) is 0 Å². The van der Waals surface area contributed by atoms with E-state index < -0.39 is 0 Å². The molecular weight excluding hydrogens is 268 g/mol. The Labute approximate surface area is 150 Å². The van der Waals surface area contributed by atoms with Crippen LogP contribution in [-0.2, 0) is 0 Å². The SMILES string of the molecule is Cc1c(-c2ccccc2)cccc1-c1ccccc1.[Ar]. The molecule has 0 aliphatic rings. The predicted molar refractivity (Wildman–Crippen MR) is 82.1 cm³/mol. The maximum Gasteiger partial charge on any atom is 0 e. The second kappa shape index (κ2) is 7.08. The molecule has 0 amide bonds. The molecule has 3 rings (SSSR count). The van der Waals surface area contributed by atoms with Crippen molar-refractivity contribution in [2.45, 2.75) is 6.92 Å². The van der Waals surface area contributed by atoms with Crippen molar-refractivity contribution in [3.63, 3.8) is 0 Å². The summed E-state index contributed by atoms with van der Waals surface area (Å²) in [6, 6.07) is 27.6. The summed E-state index contributed by atoms with van der Waals surface area (Å²) in [5, 5.41) is 0. The molecule has 0 N–H and O–H groups in total. The van der Waals surface area contributed by atoms with Gasteiger partial charge in [0.1, 0.15) is 0 Å². The summed E-state index contributed by atoms with van der Waals surface area (Å²) in [4.78, 5) is 0.